The highest BCUT2D eigenvalue weighted by Gasteiger charge is 2.60. The van der Waals surface area contributed by atoms with Crippen molar-refractivity contribution in [2.24, 2.45) is 5.92 Å². The normalized spacial score (nSPS) is 22.3. The van der Waals surface area contributed by atoms with Gasteiger partial charge in [-0.15, -0.1) is 0 Å². The van der Waals surface area contributed by atoms with Crippen molar-refractivity contribution in [3.63, 3.8) is 0 Å². The first kappa shape index (κ1) is 9.43. The summed E-state index contributed by atoms with van der Waals surface area (Å²) in [6.07, 6.45) is 1.09. The first-order valence-corrected chi connectivity index (χ1v) is 6.18. The second kappa shape index (κ2) is 2.99. The first-order valence-electron chi connectivity index (χ1n) is 6.18. The largest absolute Gasteiger partial charge is 0.396 e. The number of benzene rings is 2. The molecule has 1 heteroatoms. The van der Waals surface area contributed by atoms with Crippen LogP contribution in [0.5, 0.6) is 0 Å². The summed E-state index contributed by atoms with van der Waals surface area (Å²) in [6, 6.07) is 17.3. The summed E-state index contributed by atoms with van der Waals surface area (Å²) < 4.78 is 0. The van der Waals surface area contributed by atoms with Gasteiger partial charge in [0.1, 0.15) is 0 Å². The Labute approximate surface area is 101 Å². The molecule has 1 saturated carbocycles. The van der Waals surface area contributed by atoms with E-state index in [4.69, 9.17) is 0 Å². The zero-order chi connectivity index (χ0) is 11.5. The Hall–Kier alpha value is -1.60. The van der Waals surface area contributed by atoms with Gasteiger partial charge >= 0.3 is 0 Å². The number of fused-ring (bicyclic) bond motifs is 5. The average Bonchev–Trinajstić information content (AvgIpc) is 3.07. The van der Waals surface area contributed by atoms with Crippen LogP contribution < -0.4 is 0 Å². The Morgan fingerprint density at radius 3 is 1.94 bits per heavy atom. The second-order valence-corrected chi connectivity index (χ2v) is 5.15. The van der Waals surface area contributed by atoms with Crippen molar-refractivity contribution in [3.05, 3.63) is 59.7 Å². The fraction of sp³-hybridized carbons (Fsp3) is 0.250. The number of aliphatic hydroxyl groups excluding tert-OH is 1. The minimum atomic E-state index is 0.127. The van der Waals surface area contributed by atoms with Gasteiger partial charge in [-0.2, -0.15) is 0 Å². The van der Waals surface area contributed by atoms with E-state index in [9.17, 15) is 5.11 Å². The number of aliphatic hydroxyl groups is 1. The van der Waals surface area contributed by atoms with Gasteiger partial charge in [0.2, 0.25) is 0 Å². The third-order valence-corrected chi connectivity index (χ3v) is 4.43. The van der Waals surface area contributed by atoms with E-state index < -0.39 is 0 Å². The van der Waals surface area contributed by atoms with Gasteiger partial charge in [-0.1, -0.05) is 48.5 Å². The van der Waals surface area contributed by atoms with Gasteiger partial charge < -0.3 is 5.11 Å². The highest BCUT2D eigenvalue weighted by atomic mass is 16.3. The standard InChI is InChI=1S/C16H14O/c17-10-11-9-16(11)14-7-3-1-5-12(14)13-6-2-4-8-15(13)16/h1-8,11,17H,9-10H2/t11-/m0/s1. The zero-order valence-corrected chi connectivity index (χ0v) is 9.56. The van der Waals surface area contributed by atoms with Crippen LogP contribution >= 0.6 is 0 Å². The maximum absolute atomic E-state index is 9.48. The fourth-order valence-electron chi connectivity index (χ4n) is 3.57. The van der Waals surface area contributed by atoms with E-state index >= 15 is 0 Å². The summed E-state index contributed by atoms with van der Waals surface area (Å²) in [5, 5.41) is 9.48. The van der Waals surface area contributed by atoms with Crippen LogP contribution in [0.3, 0.4) is 0 Å². The van der Waals surface area contributed by atoms with Crippen molar-refractivity contribution >= 4 is 0 Å². The quantitative estimate of drug-likeness (QED) is 0.786. The smallest absolute Gasteiger partial charge is 0.0471 e. The molecule has 0 bridgehead atoms. The van der Waals surface area contributed by atoms with Crippen molar-refractivity contribution in [2.75, 3.05) is 6.61 Å². The minimum Gasteiger partial charge on any atom is -0.396 e. The van der Waals surface area contributed by atoms with E-state index in [1.165, 1.54) is 22.3 Å². The number of hydrogen-bond donors (Lipinski definition) is 1. The Bertz CT molecular complexity index is 554. The van der Waals surface area contributed by atoms with Gasteiger partial charge in [-0.3, -0.25) is 0 Å². The molecule has 0 radical (unpaired) electrons. The van der Waals surface area contributed by atoms with E-state index in [-0.39, 0.29) is 5.41 Å². The second-order valence-electron chi connectivity index (χ2n) is 5.15. The molecule has 1 spiro atoms. The van der Waals surface area contributed by atoms with Crippen LogP contribution in [-0.4, -0.2) is 11.7 Å². The van der Waals surface area contributed by atoms with E-state index in [0.717, 1.165) is 6.42 Å². The Morgan fingerprint density at radius 2 is 1.47 bits per heavy atom. The molecule has 2 aromatic rings. The van der Waals surface area contributed by atoms with Crippen molar-refractivity contribution in [2.45, 2.75) is 11.8 Å². The van der Waals surface area contributed by atoms with Crippen LogP contribution in [-0.2, 0) is 5.41 Å². The number of rotatable bonds is 1. The molecule has 2 aliphatic rings. The summed E-state index contributed by atoms with van der Waals surface area (Å²) in [5.74, 6) is 0.410. The van der Waals surface area contributed by atoms with Crippen LogP contribution in [0.1, 0.15) is 17.5 Å². The molecular weight excluding hydrogens is 208 g/mol. The van der Waals surface area contributed by atoms with Crippen molar-refractivity contribution in [3.8, 4) is 11.1 Å². The molecule has 0 amide bonds. The monoisotopic (exact) mass is 222 g/mol. The van der Waals surface area contributed by atoms with Crippen molar-refractivity contribution < 1.29 is 5.11 Å². The maximum Gasteiger partial charge on any atom is 0.0471 e. The Kier molecular flexibility index (Phi) is 1.66. The molecule has 1 fully saturated rings. The molecule has 1 nitrogen and oxygen atoms in total. The minimum absolute atomic E-state index is 0.127. The summed E-state index contributed by atoms with van der Waals surface area (Å²) in [4.78, 5) is 0. The molecule has 1 N–H and O–H groups in total. The highest BCUT2D eigenvalue weighted by molar-refractivity contribution is 5.83. The molecule has 0 unspecified atom stereocenters. The molecule has 2 aliphatic carbocycles. The van der Waals surface area contributed by atoms with Gasteiger partial charge in [0.25, 0.3) is 0 Å². The van der Waals surface area contributed by atoms with Crippen molar-refractivity contribution in [1.29, 1.82) is 0 Å². The molecular formula is C16H14O. The van der Waals surface area contributed by atoms with Crippen molar-refractivity contribution in [1.82, 2.24) is 0 Å². The molecule has 0 heterocycles. The molecule has 4 rings (SSSR count). The van der Waals surface area contributed by atoms with Crippen LogP contribution in [0, 0.1) is 5.92 Å². The van der Waals surface area contributed by atoms with Gasteiger partial charge in [0, 0.05) is 12.0 Å². The lowest BCUT2D eigenvalue weighted by molar-refractivity contribution is 0.268. The summed E-state index contributed by atoms with van der Waals surface area (Å²) in [7, 11) is 0. The lowest BCUT2D eigenvalue weighted by Crippen LogP contribution is -2.09. The molecule has 2 aromatic carbocycles. The van der Waals surface area contributed by atoms with Gasteiger partial charge in [0.05, 0.1) is 0 Å². The predicted octanol–water partition coefficient (Wildman–Crippen LogP) is 2.97. The lowest BCUT2D eigenvalue weighted by Gasteiger charge is -2.12. The van der Waals surface area contributed by atoms with Gasteiger partial charge in [-0.25, -0.2) is 0 Å². The topological polar surface area (TPSA) is 20.2 Å². The van der Waals surface area contributed by atoms with Crippen LogP contribution in [0.4, 0.5) is 0 Å². The Balaban J connectivity index is 2.05. The van der Waals surface area contributed by atoms with E-state index in [0.29, 0.717) is 12.5 Å². The molecule has 84 valence electrons. The van der Waals surface area contributed by atoms with Crippen LogP contribution in [0.15, 0.2) is 48.5 Å². The lowest BCUT2D eigenvalue weighted by atomic mass is 9.91. The van der Waals surface area contributed by atoms with E-state index in [1.54, 1.807) is 0 Å². The average molecular weight is 222 g/mol. The van der Waals surface area contributed by atoms with Crippen LogP contribution in [0.25, 0.3) is 11.1 Å². The van der Waals surface area contributed by atoms with Gasteiger partial charge in [0.15, 0.2) is 0 Å². The molecule has 0 saturated heterocycles. The Morgan fingerprint density at radius 1 is 0.941 bits per heavy atom. The fourth-order valence-corrected chi connectivity index (χ4v) is 3.57. The summed E-state index contributed by atoms with van der Waals surface area (Å²) in [6.45, 7) is 0.294. The van der Waals surface area contributed by atoms with E-state index in [2.05, 4.69) is 48.5 Å². The van der Waals surface area contributed by atoms with Crippen LogP contribution in [0.2, 0.25) is 0 Å². The maximum atomic E-state index is 9.48. The van der Waals surface area contributed by atoms with Gasteiger partial charge in [-0.05, 0) is 34.6 Å². The zero-order valence-electron chi connectivity index (χ0n) is 9.56. The third kappa shape index (κ3) is 0.985. The third-order valence-electron chi connectivity index (χ3n) is 4.43. The highest BCUT2D eigenvalue weighted by Crippen LogP contribution is 2.65. The van der Waals surface area contributed by atoms with E-state index in [1.807, 2.05) is 0 Å². The molecule has 0 aromatic heterocycles. The summed E-state index contributed by atoms with van der Waals surface area (Å²) >= 11 is 0. The predicted molar refractivity (Wildman–Crippen MR) is 67.9 cm³/mol. The first-order chi connectivity index (χ1) is 8.38. The SMILES string of the molecule is OC[C@@H]1CC12c1ccccc1-c1ccccc12. The number of hydrogen-bond acceptors (Lipinski definition) is 1. The molecule has 1 atom stereocenters. The summed E-state index contributed by atoms with van der Waals surface area (Å²) in [5.41, 5.74) is 5.68. The molecule has 17 heavy (non-hydrogen) atoms. The molecule has 0 aliphatic heterocycles.